The molecule has 4 heteroatoms. The average Bonchev–Trinajstić information content (AvgIpc) is 2.62. The van der Waals surface area contributed by atoms with E-state index in [4.69, 9.17) is 5.73 Å². The molecule has 0 aromatic carbocycles. The van der Waals surface area contributed by atoms with Gasteiger partial charge in [0.25, 0.3) is 0 Å². The van der Waals surface area contributed by atoms with E-state index in [1.165, 1.54) is 0 Å². The number of aryl methyl sites for hydroxylation is 1. The highest BCUT2D eigenvalue weighted by atomic mass is 32.1. The minimum Gasteiger partial charge on any atom is -0.397 e. The second-order valence-electron chi connectivity index (χ2n) is 2.76. The Labute approximate surface area is 80.3 Å². The van der Waals surface area contributed by atoms with E-state index in [0.29, 0.717) is 5.69 Å². The summed E-state index contributed by atoms with van der Waals surface area (Å²) in [4.78, 5) is 8.37. The van der Waals surface area contributed by atoms with Crippen LogP contribution in [-0.2, 0) is 0 Å². The van der Waals surface area contributed by atoms with Gasteiger partial charge in [-0.2, -0.15) is 0 Å². The van der Waals surface area contributed by atoms with Gasteiger partial charge < -0.3 is 5.73 Å². The van der Waals surface area contributed by atoms with Crippen LogP contribution in [0.25, 0.3) is 11.4 Å². The summed E-state index contributed by atoms with van der Waals surface area (Å²) in [5, 5.41) is 1.94. The third-order valence-electron chi connectivity index (χ3n) is 1.88. The molecule has 0 fully saturated rings. The second kappa shape index (κ2) is 3.14. The van der Waals surface area contributed by atoms with E-state index < -0.39 is 0 Å². The molecule has 2 rings (SSSR count). The summed E-state index contributed by atoms with van der Waals surface area (Å²) < 4.78 is 0. The summed E-state index contributed by atoms with van der Waals surface area (Å²) >= 11 is 1.54. The minimum absolute atomic E-state index is 0.716. The normalized spacial score (nSPS) is 10.2. The fourth-order valence-electron chi connectivity index (χ4n) is 1.10. The molecule has 0 aliphatic heterocycles. The fourth-order valence-corrected chi connectivity index (χ4v) is 1.64. The van der Waals surface area contributed by atoms with Crippen molar-refractivity contribution in [3.05, 3.63) is 28.7 Å². The second-order valence-corrected chi connectivity index (χ2v) is 3.48. The first-order chi connectivity index (χ1) is 6.29. The Kier molecular flexibility index (Phi) is 1.98. The number of hydrogen-bond acceptors (Lipinski definition) is 4. The summed E-state index contributed by atoms with van der Waals surface area (Å²) in [6.45, 7) is 1.97. The molecule has 3 nitrogen and oxygen atoms in total. The summed E-state index contributed by atoms with van der Waals surface area (Å²) in [5.74, 6) is 0. The predicted octanol–water partition coefficient (Wildman–Crippen LogP) is 2.10. The lowest BCUT2D eigenvalue weighted by Gasteiger charge is -2.03. The molecule has 0 amide bonds. The molecule has 2 aromatic heterocycles. The molecular weight excluding hydrogens is 182 g/mol. The van der Waals surface area contributed by atoms with Crippen molar-refractivity contribution < 1.29 is 0 Å². The van der Waals surface area contributed by atoms with Crippen molar-refractivity contribution in [2.75, 3.05) is 5.73 Å². The van der Waals surface area contributed by atoms with Crippen LogP contribution in [0, 0.1) is 6.92 Å². The van der Waals surface area contributed by atoms with Gasteiger partial charge in [0, 0.05) is 11.6 Å². The van der Waals surface area contributed by atoms with E-state index >= 15 is 0 Å². The maximum atomic E-state index is 5.88. The van der Waals surface area contributed by atoms with Gasteiger partial charge in [0.05, 0.1) is 11.2 Å². The average molecular weight is 191 g/mol. The monoisotopic (exact) mass is 191 g/mol. The highest BCUT2D eigenvalue weighted by Gasteiger charge is 2.06. The van der Waals surface area contributed by atoms with Crippen molar-refractivity contribution in [2.45, 2.75) is 6.92 Å². The number of anilines is 1. The molecule has 0 radical (unpaired) electrons. The van der Waals surface area contributed by atoms with Crippen LogP contribution in [0.4, 0.5) is 5.69 Å². The summed E-state index contributed by atoms with van der Waals surface area (Å²) in [7, 11) is 0. The van der Waals surface area contributed by atoms with E-state index in [-0.39, 0.29) is 0 Å². The van der Waals surface area contributed by atoms with E-state index in [0.717, 1.165) is 17.0 Å². The zero-order valence-corrected chi connectivity index (χ0v) is 8.01. The topological polar surface area (TPSA) is 51.8 Å². The SMILES string of the molecule is Cc1ccnc(-c2cscn2)c1N. The molecule has 0 bridgehead atoms. The van der Waals surface area contributed by atoms with Crippen molar-refractivity contribution in [1.29, 1.82) is 0 Å². The maximum absolute atomic E-state index is 5.88. The zero-order chi connectivity index (χ0) is 9.26. The summed E-state index contributed by atoms with van der Waals surface area (Å²) in [6.07, 6.45) is 1.75. The number of rotatable bonds is 1. The Morgan fingerprint density at radius 3 is 2.92 bits per heavy atom. The molecule has 0 aliphatic carbocycles. The maximum Gasteiger partial charge on any atom is 0.113 e. The Morgan fingerprint density at radius 1 is 1.38 bits per heavy atom. The van der Waals surface area contributed by atoms with Gasteiger partial charge in [-0.05, 0) is 18.6 Å². The highest BCUT2D eigenvalue weighted by Crippen LogP contribution is 2.24. The molecule has 2 aromatic rings. The van der Waals surface area contributed by atoms with Crippen LogP contribution in [0.3, 0.4) is 0 Å². The van der Waals surface area contributed by atoms with Crippen LogP contribution in [0.15, 0.2) is 23.2 Å². The van der Waals surface area contributed by atoms with Crippen LogP contribution in [0.5, 0.6) is 0 Å². The lowest BCUT2D eigenvalue weighted by Crippen LogP contribution is -1.95. The summed E-state index contributed by atoms with van der Waals surface area (Å²) in [5.41, 5.74) is 11.0. The molecule has 2 N–H and O–H groups in total. The van der Waals surface area contributed by atoms with Crippen molar-refractivity contribution in [1.82, 2.24) is 9.97 Å². The molecule has 2 heterocycles. The Morgan fingerprint density at radius 2 is 2.23 bits per heavy atom. The minimum atomic E-state index is 0.716. The Hall–Kier alpha value is -1.42. The van der Waals surface area contributed by atoms with Crippen LogP contribution >= 0.6 is 11.3 Å². The van der Waals surface area contributed by atoms with Crippen molar-refractivity contribution in [2.24, 2.45) is 0 Å². The van der Waals surface area contributed by atoms with Crippen LogP contribution < -0.4 is 5.73 Å². The number of nitrogen functional groups attached to an aromatic ring is 1. The van der Waals surface area contributed by atoms with Crippen LogP contribution in [0.1, 0.15) is 5.56 Å². The quantitative estimate of drug-likeness (QED) is 0.751. The zero-order valence-electron chi connectivity index (χ0n) is 7.19. The largest absolute Gasteiger partial charge is 0.397 e. The van der Waals surface area contributed by atoms with E-state index in [2.05, 4.69) is 9.97 Å². The van der Waals surface area contributed by atoms with E-state index in [9.17, 15) is 0 Å². The third kappa shape index (κ3) is 1.40. The first kappa shape index (κ1) is 8.19. The first-order valence-corrected chi connectivity index (χ1v) is 4.83. The van der Waals surface area contributed by atoms with Crippen molar-refractivity contribution in [3.63, 3.8) is 0 Å². The number of aromatic nitrogens is 2. The fraction of sp³-hybridized carbons (Fsp3) is 0.111. The number of thiazole rings is 1. The lowest BCUT2D eigenvalue weighted by molar-refractivity contribution is 1.26. The van der Waals surface area contributed by atoms with Gasteiger partial charge in [-0.25, -0.2) is 4.98 Å². The molecular formula is C9H9N3S. The predicted molar refractivity (Wildman–Crippen MR) is 54.5 cm³/mol. The smallest absolute Gasteiger partial charge is 0.113 e. The van der Waals surface area contributed by atoms with Crippen molar-refractivity contribution >= 4 is 17.0 Å². The van der Waals surface area contributed by atoms with E-state index in [1.54, 1.807) is 23.0 Å². The molecule has 0 atom stereocenters. The van der Waals surface area contributed by atoms with Gasteiger partial charge in [-0.15, -0.1) is 11.3 Å². The first-order valence-electron chi connectivity index (χ1n) is 3.88. The van der Waals surface area contributed by atoms with Gasteiger partial charge in [0.15, 0.2) is 0 Å². The number of nitrogens with zero attached hydrogens (tertiary/aromatic N) is 2. The molecule has 0 saturated carbocycles. The molecule has 0 aliphatic rings. The number of nitrogens with two attached hydrogens (primary N) is 1. The van der Waals surface area contributed by atoms with Crippen molar-refractivity contribution in [3.8, 4) is 11.4 Å². The number of pyridine rings is 1. The third-order valence-corrected chi connectivity index (χ3v) is 2.47. The van der Waals surface area contributed by atoms with Gasteiger partial charge in [-0.1, -0.05) is 0 Å². The molecule has 66 valence electrons. The molecule has 0 saturated heterocycles. The highest BCUT2D eigenvalue weighted by molar-refractivity contribution is 7.07. The van der Waals surface area contributed by atoms with Gasteiger partial charge in [-0.3, -0.25) is 4.98 Å². The number of hydrogen-bond donors (Lipinski definition) is 1. The molecule has 0 spiro atoms. The Balaban J connectivity index is 2.59. The lowest BCUT2D eigenvalue weighted by atomic mass is 10.2. The van der Waals surface area contributed by atoms with Gasteiger partial charge in [0.1, 0.15) is 11.4 Å². The van der Waals surface area contributed by atoms with Crippen LogP contribution in [-0.4, -0.2) is 9.97 Å². The van der Waals surface area contributed by atoms with Gasteiger partial charge in [0.2, 0.25) is 0 Å². The molecule has 0 unspecified atom stereocenters. The Bertz CT molecular complexity index is 409. The van der Waals surface area contributed by atoms with Gasteiger partial charge >= 0.3 is 0 Å². The van der Waals surface area contributed by atoms with E-state index in [1.807, 2.05) is 18.4 Å². The molecule has 13 heavy (non-hydrogen) atoms. The summed E-state index contributed by atoms with van der Waals surface area (Å²) in [6, 6.07) is 1.89. The van der Waals surface area contributed by atoms with Crippen LogP contribution in [0.2, 0.25) is 0 Å². The standard InChI is InChI=1S/C9H9N3S/c1-6-2-3-11-9(8(6)10)7-4-13-5-12-7/h2-5H,10H2,1H3.